The summed E-state index contributed by atoms with van der Waals surface area (Å²) in [5, 5.41) is 9.56. The van der Waals surface area contributed by atoms with Crippen LogP contribution < -0.4 is 4.74 Å². The van der Waals surface area contributed by atoms with Crippen LogP contribution in [-0.2, 0) is 0 Å². The first-order chi connectivity index (χ1) is 12.6. The highest BCUT2D eigenvalue weighted by Gasteiger charge is 2.15. The van der Waals surface area contributed by atoms with Crippen molar-refractivity contribution in [2.24, 2.45) is 0 Å². The number of carbonyl (C=O) groups is 1. The third kappa shape index (κ3) is 3.62. The molecule has 0 saturated heterocycles. The van der Waals surface area contributed by atoms with Gasteiger partial charge in [-0.15, -0.1) is 0 Å². The van der Waals surface area contributed by atoms with Gasteiger partial charge in [-0.2, -0.15) is 5.26 Å². The predicted octanol–water partition coefficient (Wildman–Crippen LogP) is 4.72. The molecule has 0 aliphatic heterocycles. The minimum atomic E-state index is -0.434. The molecule has 3 nitrogen and oxygen atoms in total. The highest BCUT2D eigenvalue weighted by atomic mass is 19.1. The summed E-state index contributed by atoms with van der Waals surface area (Å²) in [7, 11) is 1.59. The largest absolute Gasteiger partial charge is 0.497 e. The van der Waals surface area contributed by atoms with E-state index in [-0.39, 0.29) is 11.6 Å². The van der Waals surface area contributed by atoms with Gasteiger partial charge in [-0.3, -0.25) is 4.79 Å². The van der Waals surface area contributed by atoms with Gasteiger partial charge in [-0.25, -0.2) is 4.39 Å². The van der Waals surface area contributed by atoms with Crippen molar-refractivity contribution in [2.75, 3.05) is 7.11 Å². The number of nitrogens with zero attached hydrogens (tertiary/aromatic N) is 1. The highest BCUT2D eigenvalue weighted by molar-refractivity contribution is 6.08. The van der Waals surface area contributed by atoms with Crippen molar-refractivity contribution < 1.29 is 13.9 Å². The monoisotopic (exact) mass is 345 g/mol. The normalized spacial score (nSPS) is 11.4. The Hall–Kier alpha value is -3.45. The van der Waals surface area contributed by atoms with E-state index in [1.807, 2.05) is 24.3 Å². The summed E-state index contributed by atoms with van der Waals surface area (Å²) in [6.07, 6.45) is 0. The minimum absolute atomic E-state index is 0.186. The Morgan fingerprint density at radius 2 is 1.35 bits per heavy atom. The zero-order valence-corrected chi connectivity index (χ0v) is 14.1. The van der Waals surface area contributed by atoms with E-state index in [0.717, 1.165) is 16.9 Å². The lowest BCUT2D eigenvalue weighted by atomic mass is 9.91. The SMILES string of the molecule is COc1ccc([C@@H](C#N)c2ccc(C(=O)c3ccc(F)cc3)cc2)cc1. The van der Waals surface area contributed by atoms with Gasteiger partial charge >= 0.3 is 0 Å². The topological polar surface area (TPSA) is 50.1 Å². The van der Waals surface area contributed by atoms with E-state index < -0.39 is 5.92 Å². The molecule has 26 heavy (non-hydrogen) atoms. The molecule has 0 saturated carbocycles. The number of hydrogen-bond acceptors (Lipinski definition) is 3. The fraction of sp³-hybridized carbons (Fsp3) is 0.0909. The summed E-state index contributed by atoms with van der Waals surface area (Å²) < 4.78 is 18.1. The molecule has 0 bridgehead atoms. The third-order valence-corrected chi connectivity index (χ3v) is 4.19. The molecular formula is C22H16FNO2. The van der Waals surface area contributed by atoms with Crippen LogP contribution in [0, 0.1) is 17.1 Å². The summed E-state index contributed by atoms with van der Waals surface area (Å²) >= 11 is 0. The molecule has 3 aromatic carbocycles. The quantitative estimate of drug-likeness (QED) is 0.629. The summed E-state index contributed by atoms with van der Waals surface area (Å²) in [5.74, 6) is -0.274. The summed E-state index contributed by atoms with van der Waals surface area (Å²) in [6.45, 7) is 0. The molecule has 1 atom stereocenters. The van der Waals surface area contributed by atoms with Gasteiger partial charge in [0, 0.05) is 11.1 Å². The summed E-state index contributed by atoms with van der Waals surface area (Å²) in [6, 6.07) is 22.0. The number of ketones is 1. The minimum Gasteiger partial charge on any atom is -0.497 e. The van der Waals surface area contributed by atoms with Gasteiger partial charge in [-0.1, -0.05) is 36.4 Å². The van der Waals surface area contributed by atoms with E-state index in [1.54, 1.807) is 31.4 Å². The fourth-order valence-electron chi connectivity index (χ4n) is 2.73. The van der Waals surface area contributed by atoms with Gasteiger partial charge in [0.25, 0.3) is 0 Å². The molecule has 4 heteroatoms. The number of nitriles is 1. The van der Waals surface area contributed by atoms with Crippen LogP contribution in [-0.4, -0.2) is 12.9 Å². The Bertz CT molecular complexity index is 939. The van der Waals surface area contributed by atoms with Gasteiger partial charge < -0.3 is 4.74 Å². The molecule has 128 valence electrons. The van der Waals surface area contributed by atoms with E-state index in [9.17, 15) is 14.4 Å². The Kier molecular flexibility index (Phi) is 5.09. The highest BCUT2D eigenvalue weighted by Crippen LogP contribution is 2.26. The van der Waals surface area contributed by atoms with Crippen LogP contribution in [0.5, 0.6) is 5.75 Å². The van der Waals surface area contributed by atoms with Gasteiger partial charge in [-0.05, 0) is 47.5 Å². The van der Waals surface area contributed by atoms with Crippen molar-refractivity contribution >= 4 is 5.78 Å². The lowest BCUT2D eigenvalue weighted by Crippen LogP contribution is -2.03. The first-order valence-electron chi connectivity index (χ1n) is 8.06. The Labute approximate surface area is 151 Å². The van der Waals surface area contributed by atoms with Crippen molar-refractivity contribution in [1.29, 1.82) is 5.26 Å². The zero-order valence-electron chi connectivity index (χ0n) is 14.1. The van der Waals surface area contributed by atoms with Crippen molar-refractivity contribution in [3.63, 3.8) is 0 Å². The average molecular weight is 345 g/mol. The van der Waals surface area contributed by atoms with E-state index in [2.05, 4.69) is 6.07 Å². The molecule has 0 aliphatic rings. The predicted molar refractivity (Wildman–Crippen MR) is 96.7 cm³/mol. The summed E-state index contributed by atoms with van der Waals surface area (Å²) in [5.41, 5.74) is 2.57. The summed E-state index contributed by atoms with van der Waals surface area (Å²) in [4.78, 5) is 12.4. The number of carbonyl (C=O) groups excluding carboxylic acids is 1. The number of halogens is 1. The molecule has 0 fully saturated rings. The smallest absolute Gasteiger partial charge is 0.193 e. The maximum Gasteiger partial charge on any atom is 0.193 e. The molecule has 0 amide bonds. The lowest BCUT2D eigenvalue weighted by Gasteiger charge is -2.11. The number of methoxy groups -OCH3 is 1. The Morgan fingerprint density at radius 3 is 1.81 bits per heavy atom. The average Bonchev–Trinajstić information content (AvgIpc) is 2.70. The van der Waals surface area contributed by atoms with Crippen molar-refractivity contribution in [3.8, 4) is 11.8 Å². The standard InChI is InChI=1S/C22H16FNO2/c1-26-20-12-8-16(9-13-20)21(14-24)15-2-4-17(5-3-15)22(25)18-6-10-19(23)11-7-18/h2-13,21H,1H3/t21-/m0/s1. The van der Waals surface area contributed by atoms with Crippen molar-refractivity contribution in [1.82, 2.24) is 0 Å². The number of rotatable bonds is 5. The molecule has 0 N–H and O–H groups in total. The van der Waals surface area contributed by atoms with E-state index in [4.69, 9.17) is 4.74 Å². The molecular weight excluding hydrogens is 329 g/mol. The molecule has 3 aromatic rings. The first kappa shape index (κ1) is 17.4. The van der Waals surface area contributed by atoms with E-state index >= 15 is 0 Å². The number of benzene rings is 3. The van der Waals surface area contributed by atoms with Crippen LogP contribution in [0.4, 0.5) is 4.39 Å². The van der Waals surface area contributed by atoms with Crippen LogP contribution in [0.15, 0.2) is 72.8 Å². The molecule has 0 unspecified atom stereocenters. The van der Waals surface area contributed by atoms with E-state index in [1.165, 1.54) is 24.3 Å². The second-order valence-electron chi connectivity index (χ2n) is 5.79. The first-order valence-corrected chi connectivity index (χ1v) is 8.06. The van der Waals surface area contributed by atoms with Gasteiger partial charge in [0.15, 0.2) is 5.78 Å². The van der Waals surface area contributed by atoms with Crippen LogP contribution in [0.1, 0.15) is 33.0 Å². The fourth-order valence-corrected chi connectivity index (χ4v) is 2.73. The second kappa shape index (κ2) is 7.62. The Morgan fingerprint density at radius 1 is 0.885 bits per heavy atom. The maximum atomic E-state index is 13.0. The van der Waals surface area contributed by atoms with Crippen LogP contribution >= 0.6 is 0 Å². The zero-order chi connectivity index (χ0) is 18.5. The molecule has 0 aliphatic carbocycles. The van der Waals surface area contributed by atoms with Crippen LogP contribution in [0.25, 0.3) is 0 Å². The van der Waals surface area contributed by atoms with Gasteiger partial charge in [0.1, 0.15) is 11.6 Å². The molecule has 3 rings (SSSR count). The van der Waals surface area contributed by atoms with Gasteiger partial charge in [0.2, 0.25) is 0 Å². The van der Waals surface area contributed by atoms with Crippen molar-refractivity contribution in [3.05, 3.63) is 101 Å². The van der Waals surface area contributed by atoms with Crippen LogP contribution in [0.2, 0.25) is 0 Å². The Balaban J connectivity index is 1.84. The second-order valence-corrected chi connectivity index (χ2v) is 5.79. The van der Waals surface area contributed by atoms with E-state index in [0.29, 0.717) is 11.1 Å². The van der Waals surface area contributed by atoms with Crippen LogP contribution in [0.3, 0.4) is 0 Å². The molecule has 0 radical (unpaired) electrons. The third-order valence-electron chi connectivity index (χ3n) is 4.19. The number of hydrogen-bond donors (Lipinski definition) is 0. The van der Waals surface area contributed by atoms with Gasteiger partial charge in [0.05, 0.1) is 19.1 Å². The van der Waals surface area contributed by atoms with Crippen molar-refractivity contribution in [2.45, 2.75) is 5.92 Å². The molecule has 0 heterocycles. The lowest BCUT2D eigenvalue weighted by molar-refractivity contribution is 0.103. The number of ether oxygens (including phenoxy) is 1. The maximum absolute atomic E-state index is 13.0. The molecule has 0 aromatic heterocycles. The molecule has 0 spiro atoms.